The molecule has 0 fully saturated rings. The van der Waals surface area contributed by atoms with E-state index in [0.29, 0.717) is 5.75 Å². The van der Waals surface area contributed by atoms with Crippen LogP contribution in [-0.4, -0.2) is 10.1 Å². The largest absolute Gasteiger partial charge is 0.507 e. The lowest BCUT2D eigenvalue weighted by Gasteiger charge is -2.05. The van der Waals surface area contributed by atoms with Gasteiger partial charge in [0.05, 0.1) is 11.2 Å². The van der Waals surface area contributed by atoms with E-state index in [2.05, 4.69) is 4.98 Å². The van der Waals surface area contributed by atoms with Gasteiger partial charge in [-0.05, 0) is 17.5 Å². The van der Waals surface area contributed by atoms with E-state index in [0.717, 1.165) is 22.0 Å². The van der Waals surface area contributed by atoms with E-state index in [-0.39, 0.29) is 0 Å². The normalized spacial score (nSPS) is 10.8. The maximum absolute atomic E-state index is 9.78. The summed E-state index contributed by atoms with van der Waals surface area (Å²) in [5.74, 6) is 0.314. The van der Waals surface area contributed by atoms with Crippen LogP contribution in [0.15, 0.2) is 47.3 Å². The molecular weight excluding hydrogens is 218 g/mol. The molecule has 0 aliphatic rings. The second kappa shape index (κ2) is 3.61. The molecule has 0 bridgehead atoms. The molecule has 0 aliphatic carbocycles. The number of benzene rings is 2. The molecule has 1 aromatic heterocycles. The number of aromatic nitrogens is 1. The summed E-state index contributed by atoms with van der Waals surface area (Å²) < 4.78 is 0. The Labute approximate surface area is 96.8 Å². The van der Waals surface area contributed by atoms with E-state index >= 15 is 0 Å². The number of hydrogen-bond acceptors (Lipinski definition) is 3. The van der Waals surface area contributed by atoms with Crippen LogP contribution in [0.1, 0.15) is 0 Å². The molecule has 2 aromatic carbocycles. The van der Waals surface area contributed by atoms with Crippen molar-refractivity contribution in [3.8, 4) is 17.0 Å². The van der Waals surface area contributed by atoms with Gasteiger partial charge in [-0.25, -0.2) is 4.98 Å². The van der Waals surface area contributed by atoms with Crippen molar-refractivity contribution in [3.05, 3.63) is 47.3 Å². The lowest BCUT2D eigenvalue weighted by atomic mass is 10.0. The first-order chi connectivity index (χ1) is 7.86. The molecule has 0 unspecified atom stereocenters. The van der Waals surface area contributed by atoms with Crippen LogP contribution < -0.4 is 0 Å². The van der Waals surface area contributed by atoms with Crippen molar-refractivity contribution in [2.45, 2.75) is 0 Å². The Morgan fingerprint density at radius 1 is 1.00 bits per heavy atom. The van der Waals surface area contributed by atoms with Crippen LogP contribution in [-0.2, 0) is 0 Å². The number of aromatic hydroxyl groups is 1. The van der Waals surface area contributed by atoms with Crippen molar-refractivity contribution in [1.82, 2.24) is 4.98 Å². The van der Waals surface area contributed by atoms with Gasteiger partial charge < -0.3 is 5.11 Å². The molecule has 2 nitrogen and oxygen atoms in total. The zero-order valence-corrected chi connectivity index (χ0v) is 9.24. The molecule has 0 saturated heterocycles. The number of thiazole rings is 1. The highest BCUT2D eigenvalue weighted by atomic mass is 32.1. The number of phenolic OH excluding ortho intramolecular Hbond substituents is 1. The van der Waals surface area contributed by atoms with E-state index in [4.69, 9.17) is 0 Å². The molecule has 0 aliphatic heterocycles. The minimum Gasteiger partial charge on any atom is -0.507 e. The standard InChI is InChI=1S/C13H9NOS/c15-13-6-5-10(12-7-16-8-14-12)9-3-1-2-4-11(9)13/h1-8,15H. The summed E-state index contributed by atoms with van der Waals surface area (Å²) in [6.45, 7) is 0. The average molecular weight is 227 g/mol. The predicted octanol–water partition coefficient (Wildman–Crippen LogP) is 3.67. The summed E-state index contributed by atoms with van der Waals surface area (Å²) >= 11 is 1.57. The van der Waals surface area contributed by atoms with Crippen molar-refractivity contribution >= 4 is 22.1 Å². The first-order valence-corrected chi connectivity index (χ1v) is 5.90. The Bertz CT molecular complexity index is 631. The molecular formula is C13H9NOS. The molecule has 78 valence electrons. The van der Waals surface area contributed by atoms with Crippen LogP contribution in [0.5, 0.6) is 5.75 Å². The number of nitrogens with zero attached hydrogens (tertiary/aromatic N) is 1. The second-order valence-corrected chi connectivity index (χ2v) is 4.27. The summed E-state index contributed by atoms with van der Waals surface area (Å²) in [4.78, 5) is 4.30. The second-order valence-electron chi connectivity index (χ2n) is 3.55. The third kappa shape index (κ3) is 1.37. The Kier molecular flexibility index (Phi) is 2.11. The number of hydrogen-bond donors (Lipinski definition) is 1. The van der Waals surface area contributed by atoms with Crippen LogP contribution in [0.25, 0.3) is 22.0 Å². The Balaban J connectivity index is 2.39. The van der Waals surface area contributed by atoms with Gasteiger partial charge in [0, 0.05) is 16.3 Å². The van der Waals surface area contributed by atoms with Gasteiger partial charge in [0.2, 0.25) is 0 Å². The van der Waals surface area contributed by atoms with E-state index in [1.807, 2.05) is 41.2 Å². The summed E-state index contributed by atoms with van der Waals surface area (Å²) in [5, 5.41) is 13.7. The summed E-state index contributed by atoms with van der Waals surface area (Å²) in [5.41, 5.74) is 3.84. The molecule has 0 amide bonds. The maximum atomic E-state index is 9.78. The molecule has 0 saturated carbocycles. The van der Waals surface area contributed by atoms with Crippen LogP contribution in [0.2, 0.25) is 0 Å². The number of phenols is 1. The average Bonchev–Trinajstić information content (AvgIpc) is 2.83. The predicted molar refractivity (Wildman–Crippen MR) is 66.7 cm³/mol. The molecule has 0 atom stereocenters. The van der Waals surface area contributed by atoms with Crippen molar-refractivity contribution in [2.24, 2.45) is 0 Å². The summed E-state index contributed by atoms with van der Waals surface area (Å²) in [6.07, 6.45) is 0. The van der Waals surface area contributed by atoms with Gasteiger partial charge >= 0.3 is 0 Å². The minimum atomic E-state index is 0.314. The molecule has 1 heterocycles. The third-order valence-corrected chi connectivity index (χ3v) is 3.20. The highest BCUT2D eigenvalue weighted by molar-refractivity contribution is 7.07. The first kappa shape index (κ1) is 9.36. The molecule has 1 N–H and O–H groups in total. The highest BCUT2D eigenvalue weighted by Gasteiger charge is 2.07. The van der Waals surface area contributed by atoms with E-state index in [1.54, 1.807) is 17.4 Å². The highest BCUT2D eigenvalue weighted by Crippen LogP contribution is 2.33. The van der Waals surface area contributed by atoms with Gasteiger partial charge in [0.25, 0.3) is 0 Å². The fourth-order valence-corrected chi connectivity index (χ4v) is 2.40. The SMILES string of the molecule is Oc1ccc(-c2cscn2)c2ccccc12. The zero-order chi connectivity index (χ0) is 11.0. The summed E-state index contributed by atoms with van der Waals surface area (Å²) in [7, 11) is 0. The summed E-state index contributed by atoms with van der Waals surface area (Å²) in [6, 6.07) is 11.4. The fraction of sp³-hybridized carbons (Fsp3) is 0. The van der Waals surface area contributed by atoms with Crippen LogP contribution in [0.3, 0.4) is 0 Å². The van der Waals surface area contributed by atoms with Crippen molar-refractivity contribution in [1.29, 1.82) is 0 Å². The topological polar surface area (TPSA) is 33.1 Å². The van der Waals surface area contributed by atoms with Crippen LogP contribution in [0.4, 0.5) is 0 Å². The van der Waals surface area contributed by atoms with Crippen molar-refractivity contribution in [3.63, 3.8) is 0 Å². The quantitative estimate of drug-likeness (QED) is 0.688. The zero-order valence-electron chi connectivity index (χ0n) is 8.42. The van der Waals surface area contributed by atoms with Gasteiger partial charge in [-0.15, -0.1) is 11.3 Å². The molecule has 3 rings (SSSR count). The molecule has 16 heavy (non-hydrogen) atoms. The van der Waals surface area contributed by atoms with Gasteiger partial charge in [-0.1, -0.05) is 24.3 Å². The van der Waals surface area contributed by atoms with E-state index in [1.165, 1.54) is 0 Å². The lowest BCUT2D eigenvalue weighted by molar-refractivity contribution is 0.481. The van der Waals surface area contributed by atoms with Crippen LogP contribution >= 0.6 is 11.3 Å². The molecule has 3 aromatic rings. The molecule has 3 heteroatoms. The number of fused-ring (bicyclic) bond motifs is 1. The first-order valence-electron chi connectivity index (χ1n) is 4.95. The third-order valence-electron chi connectivity index (χ3n) is 2.61. The Hall–Kier alpha value is -1.87. The molecule has 0 spiro atoms. The monoisotopic (exact) mass is 227 g/mol. The lowest BCUT2D eigenvalue weighted by Crippen LogP contribution is -1.81. The van der Waals surface area contributed by atoms with Crippen molar-refractivity contribution < 1.29 is 5.11 Å². The van der Waals surface area contributed by atoms with Gasteiger partial charge in [-0.2, -0.15) is 0 Å². The van der Waals surface area contributed by atoms with Crippen LogP contribution in [0, 0.1) is 0 Å². The van der Waals surface area contributed by atoms with Gasteiger partial charge in [0.15, 0.2) is 0 Å². The van der Waals surface area contributed by atoms with E-state index in [9.17, 15) is 5.11 Å². The maximum Gasteiger partial charge on any atom is 0.123 e. The fourth-order valence-electron chi connectivity index (χ4n) is 1.85. The number of rotatable bonds is 1. The smallest absolute Gasteiger partial charge is 0.123 e. The molecule has 0 radical (unpaired) electrons. The van der Waals surface area contributed by atoms with Gasteiger partial charge in [0.1, 0.15) is 5.75 Å². The van der Waals surface area contributed by atoms with Crippen molar-refractivity contribution in [2.75, 3.05) is 0 Å². The van der Waals surface area contributed by atoms with E-state index < -0.39 is 0 Å². The Morgan fingerprint density at radius 3 is 2.56 bits per heavy atom. The van der Waals surface area contributed by atoms with Gasteiger partial charge in [-0.3, -0.25) is 0 Å². The Morgan fingerprint density at radius 2 is 1.81 bits per heavy atom. The minimum absolute atomic E-state index is 0.314.